The predicted octanol–water partition coefficient (Wildman–Crippen LogP) is 3.75. The standard InChI is InChI=1S/C18H17NO2/c1-12-4-6-16(7-5-12)17(20)11-21-18-13(2)8-15(10-19)9-14(18)3/h4-9H,11H2,1-3H3. The molecule has 0 unspecified atom stereocenters. The van der Waals surface area contributed by atoms with Crippen LogP contribution in [0.1, 0.15) is 32.6 Å². The van der Waals surface area contributed by atoms with Gasteiger partial charge in [0.1, 0.15) is 5.75 Å². The van der Waals surface area contributed by atoms with Crippen LogP contribution in [0, 0.1) is 32.1 Å². The van der Waals surface area contributed by atoms with E-state index in [1.807, 2.05) is 32.9 Å². The van der Waals surface area contributed by atoms with E-state index in [0.29, 0.717) is 16.9 Å². The molecule has 3 heteroatoms. The molecule has 0 saturated heterocycles. The summed E-state index contributed by atoms with van der Waals surface area (Å²) < 4.78 is 5.65. The molecule has 3 nitrogen and oxygen atoms in total. The molecule has 0 atom stereocenters. The Morgan fingerprint density at radius 3 is 2.19 bits per heavy atom. The maximum Gasteiger partial charge on any atom is 0.200 e. The highest BCUT2D eigenvalue weighted by atomic mass is 16.5. The zero-order chi connectivity index (χ0) is 15.4. The van der Waals surface area contributed by atoms with Gasteiger partial charge in [0.25, 0.3) is 0 Å². The van der Waals surface area contributed by atoms with Crippen molar-refractivity contribution in [2.24, 2.45) is 0 Å². The smallest absolute Gasteiger partial charge is 0.200 e. The average Bonchev–Trinajstić information content (AvgIpc) is 2.46. The van der Waals surface area contributed by atoms with Gasteiger partial charge in [0.05, 0.1) is 11.6 Å². The Morgan fingerprint density at radius 2 is 1.67 bits per heavy atom. The zero-order valence-electron chi connectivity index (χ0n) is 12.4. The van der Waals surface area contributed by atoms with Gasteiger partial charge in [-0.15, -0.1) is 0 Å². The third-order valence-electron chi connectivity index (χ3n) is 3.31. The average molecular weight is 279 g/mol. The largest absolute Gasteiger partial charge is 0.485 e. The van der Waals surface area contributed by atoms with E-state index in [9.17, 15) is 4.79 Å². The minimum absolute atomic E-state index is 0.00333. The zero-order valence-corrected chi connectivity index (χ0v) is 12.4. The number of benzene rings is 2. The molecule has 0 aromatic heterocycles. The fourth-order valence-corrected chi connectivity index (χ4v) is 2.20. The molecule has 0 bridgehead atoms. The van der Waals surface area contributed by atoms with Gasteiger partial charge < -0.3 is 4.74 Å². The fourth-order valence-electron chi connectivity index (χ4n) is 2.20. The van der Waals surface area contributed by atoms with Crippen molar-refractivity contribution in [3.63, 3.8) is 0 Å². The first-order chi connectivity index (χ1) is 10.0. The fraction of sp³-hybridized carbons (Fsp3) is 0.222. The second-order valence-corrected chi connectivity index (χ2v) is 5.13. The van der Waals surface area contributed by atoms with E-state index < -0.39 is 0 Å². The van der Waals surface area contributed by atoms with Gasteiger partial charge in [0.2, 0.25) is 0 Å². The molecule has 21 heavy (non-hydrogen) atoms. The van der Waals surface area contributed by atoms with Crippen LogP contribution in [0.15, 0.2) is 36.4 Å². The van der Waals surface area contributed by atoms with Gasteiger partial charge >= 0.3 is 0 Å². The number of hydrogen-bond acceptors (Lipinski definition) is 3. The SMILES string of the molecule is Cc1ccc(C(=O)COc2c(C)cc(C#N)cc2C)cc1. The lowest BCUT2D eigenvalue weighted by atomic mass is 10.1. The Kier molecular flexibility index (Phi) is 4.39. The molecule has 0 radical (unpaired) electrons. The lowest BCUT2D eigenvalue weighted by molar-refractivity contribution is 0.0920. The third kappa shape index (κ3) is 3.49. The number of ether oxygens (including phenoxy) is 1. The van der Waals surface area contributed by atoms with Crippen LogP contribution in [0.2, 0.25) is 0 Å². The van der Waals surface area contributed by atoms with Crippen molar-refractivity contribution in [3.8, 4) is 11.8 Å². The Labute approximate surface area is 124 Å². The number of rotatable bonds is 4. The van der Waals surface area contributed by atoms with Crippen LogP contribution in [-0.2, 0) is 0 Å². The third-order valence-corrected chi connectivity index (χ3v) is 3.31. The number of carbonyl (C=O) groups is 1. The van der Waals surface area contributed by atoms with Gasteiger partial charge in [-0.1, -0.05) is 29.8 Å². The quantitative estimate of drug-likeness (QED) is 0.801. The van der Waals surface area contributed by atoms with Crippen LogP contribution in [0.3, 0.4) is 0 Å². The first-order valence-corrected chi connectivity index (χ1v) is 6.75. The molecular weight excluding hydrogens is 262 g/mol. The van der Waals surface area contributed by atoms with Crippen molar-refractivity contribution < 1.29 is 9.53 Å². The number of carbonyl (C=O) groups excluding carboxylic acids is 1. The molecule has 0 aliphatic carbocycles. The molecule has 0 N–H and O–H groups in total. The van der Waals surface area contributed by atoms with Crippen molar-refractivity contribution in [3.05, 3.63) is 64.2 Å². The molecule has 2 rings (SSSR count). The number of nitriles is 1. The molecule has 0 saturated carbocycles. The highest BCUT2D eigenvalue weighted by molar-refractivity contribution is 5.97. The van der Waals surface area contributed by atoms with Gasteiger partial charge in [-0.25, -0.2) is 0 Å². The Balaban J connectivity index is 2.12. The van der Waals surface area contributed by atoms with Crippen LogP contribution in [0.4, 0.5) is 0 Å². The summed E-state index contributed by atoms with van der Waals surface area (Å²) in [7, 11) is 0. The summed E-state index contributed by atoms with van der Waals surface area (Å²) >= 11 is 0. The highest BCUT2D eigenvalue weighted by Crippen LogP contribution is 2.24. The molecule has 0 aliphatic heterocycles. The predicted molar refractivity (Wildman–Crippen MR) is 81.6 cm³/mol. The molecule has 0 spiro atoms. The molecule has 2 aromatic carbocycles. The van der Waals surface area contributed by atoms with Crippen molar-refractivity contribution in [2.45, 2.75) is 20.8 Å². The Hall–Kier alpha value is -2.60. The first-order valence-electron chi connectivity index (χ1n) is 6.75. The lowest BCUT2D eigenvalue weighted by Crippen LogP contribution is -2.12. The van der Waals surface area contributed by atoms with E-state index in [-0.39, 0.29) is 12.4 Å². The summed E-state index contributed by atoms with van der Waals surface area (Å²) in [6, 6.07) is 13.1. The van der Waals surface area contributed by atoms with Crippen molar-refractivity contribution in [1.82, 2.24) is 0 Å². The summed E-state index contributed by atoms with van der Waals surface area (Å²) in [6.07, 6.45) is 0. The number of ketones is 1. The van der Waals surface area contributed by atoms with Crippen LogP contribution in [0.5, 0.6) is 5.75 Å². The van der Waals surface area contributed by atoms with Gasteiger partial charge in [-0.3, -0.25) is 4.79 Å². The molecule has 2 aromatic rings. The minimum atomic E-state index is -0.0573. The van der Waals surface area contributed by atoms with E-state index in [2.05, 4.69) is 6.07 Å². The molecule has 0 fully saturated rings. The van der Waals surface area contributed by atoms with E-state index in [4.69, 9.17) is 10.00 Å². The maximum absolute atomic E-state index is 12.1. The van der Waals surface area contributed by atoms with Gasteiger partial charge in [-0.05, 0) is 44.0 Å². The normalized spacial score (nSPS) is 10.0. The van der Waals surface area contributed by atoms with E-state index >= 15 is 0 Å². The Bertz CT molecular complexity index is 686. The maximum atomic E-state index is 12.1. The number of aryl methyl sites for hydroxylation is 3. The molecular formula is C18H17NO2. The molecule has 0 aliphatic rings. The second-order valence-electron chi connectivity index (χ2n) is 5.13. The number of Topliss-reactive ketones (excluding diaryl/α,β-unsaturated/α-hetero) is 1. The van der Waals surface area contributed by atoms with Crippen LogP contribution in [0.25, 0.3) is 0 Å². The van der Waals surface area contributed by atoms with E-state index in [1.54, 1.807) is 24.3 Å². The summed E-state index contributed by atoms with van der Waals surface area (Å²) in [5, 5.41) is 8.92. The van der Waals surface area contributed by atoms with Crippen molar-refractivity contribution >= 4 is 5.78 Å². The van der Waals surface area contributed by atoms with Crippen LogP contribution < -0.4 is 4.74 Å². The topological polar surface area (TPSA) is 50.1 Å². The Morgan fingerprint density at radius 1 is 1.10 bits per heavy atom. The highest BCUT2D eigenvalue weighted by Gasteiger charge is 2.10. The van der Waals surface area contributed by atoms with Crippen molar-refractivity contribution in [2.75, 3.05) is 6.61 Å². The van der Waals surface area contributed by atoms with Gasteiger partial charge in [0, 0.05) is 5.56 Å². The van der Waals surface area contributed by atoms with E-state index in [0.717, 1.165) is 16.7 Å². The van der Waals surface area contributed by atoms with Gasteiger partial charge in [0.15, 0.2) is 12.4 Å². The minimum Gasteiger partial charge on any atom is -0.485 e. The summed E-state index contributed by atoms with van der Waals surface area (Å²) in [5.74, 6) is 0.618. The monoisotopic (exact) mass is 279 g/mol. The summed E-state index contributed by atoms with van der Waals surface area (Å²) in [5.41, 5.74) is 4.09. The van der Waals surface area contributed by atoms with Crippen LogP contribution in [-0.4, -0.2) is 12.4 Å². The first kappa shape index (κ1) is 14.8. The number of hydrogen-bond donors (Lipinski definition) is 0. The lowest BCUT2D eigenvalue weighted by Gasteiger charge is -2.12. The van der Waals surface area contributed by atoms with Gasteiger partial charge in [-0.2, -0.15) is 5.26 Å². The van der Waals surface area contributed by atoms with Crippen LogP contribution >= 0.6 is 0 Å². The molecule has 0 amide bonds. The summed E-state index contributed by atoms with van der Waals surface area (Å²) in [4.78, 5) is 12.1. The summed E-state index contributed by atoms with van der Waals surface area (Å²) in [6.45, 7) is 5.73. The second kappa shape index (κ2) is 6.23. The molecule has 106 valence electrons. The number of nitrogens with zero attached hydrogens (tertiary/aromatic N) is 1. The van der Waals surface area contributed by atoms with E-state index in [1.165, 1.54) is 0 Å². The van der Waals surface area contributed by atoms with Crippen molar-refractivity contribution in [1.29, 1.82) is 5.26 Å². The molecule has 0 heterocycles.